The molecule has 7 amide bonds. The lowest BCUT2D eigenvalue weighted by atomic mass is 9.90. The predicted octanol–water partition coefficient (Wildman–Crippen LogP) is 3.46. The van der Waals surface area contributed by atoms with E-state index in [0.717, 1.165) is 6.54 Å². The number of hydrogen-bond donors (Lipinski definition) is 12. The highest BCUT2D eigenvalue weighted by molar-refractivity contribution is 7.80. The lowest BCUT2D eigenvalue weighted by Crippen LogP contribution is -2.59. The Hall–Kier alpha value is -9.26. The number of phenols is 1. The number of unbranched alkanes of at least 4 members (excludes halogenated alkanes) is 1. The van der Waals surface area contributed by atoms with Crippen LogP contribution in [0.1, 0.15) is 74.4 Å². The van der Waals surface area contributed by atoms with E-state index in [0.29, 0.717) is 56.2 Å². The molecule has 13 N–H and O–H groups in total. The molecule has 1 aliphatic heterocycles. The number of aliphatic hydroxyl groups is 1. The first kappa shape index (κ1) is 66.9. The van der Waals surface area contributed by atoms with Gasteiger partial charge in [0.25, 0.3) is 0 Å². The van der Waals surface area contributed by atoms with Crippen molar-refractivity contribution in [2.45, 2.75) is 102 Å². The van der Waals surface area contributed by atoms with Crippen molar-refractivity contribution in [2.24, 2.45) is 11.7 Å². The van der Waals surface area contributed by atoms with Gasteiger partial charge in [-0.25, -0.2) is 4.79 Å². The monoisotopic (exact) mass is 1210 g/mol. The number of aromatic hydroxyl groups is 1. The van der Waals surface area contributed by atoms with Gasteiger partial charge in [-0.05, 0) is 104 Å². The largest absolute Gasteiger partial charge is 0.508 e. The van der Waals surface area contributed by atoms with Crippen molar-refractivity contribution < 1.29 is 62.6 Å². The fraction of sp³-hybridized carbons (Fsp3) is 0.365. The Bertz CT molecular complexity index is 3470. The minimum atomic E-state index is -1.40. The van der Waals surface area contributed by atoms with Gasteiger partial charge in [0.05, 0.1) is 39.9 Å². The van der Waals surface area contributed by atoms with E-state index in [1.807, 2.05) is 35.0 Å². The second-order valence-electron chi connectivity index (χ2n) is 22.7. The van der Waals surface area contributed by atoms with Crippen LogP contribution in [0.25, 0.3) is 33.4 Å². The van der Waals surface area contributed by atoms with Crippen LogP contribution in [0.15, 0.2) is 124 Å². The van der Waals surface area contributed by atoms with Crippen LogP contribution < -0.4 is 53.7 Å². The van der Waals surface area contributed by atoms with Crippen LogP contribution in [0.2, 0.25) is 0 Å². The molecule has 0 spiro atoms. The molecule has 0 fully saturated rings. The van der Waals surface area contributed by atoms with Gasteiger partial charge in [-0.2, -0.15) is 0 Å². The Labute approximate surface area is 509 Å². The third-order valence-corrected chi connectivity index (χ3v) is 14.3. The van der Waals surface area contributed by atoms with E-state index in [-0.39, 0.29) is 77.8 Å². The van der Waals surface area contributed by atoms with Crippen LogP contribution in [0.5, 0.6) is 5.75 Å². The summed E-state index contributed by atoms with van der Waals surface area (Å²) in [5.74, 6) is -6.51. The number of aliphatic hydroxyl groups excluding tert-OH is 1. The number of rotatable bonds is 30. The number of quaternary nitrogens is 1. The lowest BCUT2D eigenvalue weighted by molar-refractivity contribution is -0.870. The van der Waals surface area contributed by atoms with E-state index in [1.54, 1.807) is 84.9 Å². The van der Waals surface area contributed by atoms with E-state index >= 15 is 0 Å². The normalized spacial score (nSPS) is 13.4. The number of hydrogen-bond acceptors (Lipinski definition) is 13. The van der Waals surface area contributed by atoms with E-state index in [4.69, 9.17) is 22.4 Å². The zero-order valence-corrected chi connectivity index (χ0v) is 50.3. The number of primary amides is 1. The smallest absolute Gasteiger partial charge is 0.336 e. The van der Waals surface area contributed by atoms with Gasteiger partial charge in [0, 0.05) is 60.1 Å². The fourth-order valence-corrected chi connectivity index (χ4v) is 9.84. The van der Waals surface area contributed by atoms with Gasteiger partial charge in [-0.1, -0.05) is 80.6 Å². The van der Waals surface area contributed by atoms with Crippen LogP contribution >= 0.6 is 12.2 Å². The van der Waals surface area contributed by atoms with Crippen LogP contribution in [-0.2, 0) is 46.4 Å². The van der Waals surface area contributed by atoms with Crippen molar-refractivity contribution in [2.75, 3.05) is 46.2 Å². The SMILES string of the molecule is CC(C)C[C@H](NC(=O)[C@H](C)NC(=O)[C@H](Cc1ccccc1)NC(=O)[C@H](Cc1ccccc1)NC(=O)CCNC(=S)Nc1ccc(-c2c3ccc(=O)cc-3oc3cc(O)ccc23)c(C(=O)O)c1)C(=O)N[C@@H](CCCC[N+](C)(C)C)C(=O)N[C@@H](CO)C(N)=O. The molecule has 6 atom stereocenters. The number of carbonyl (C=O) groups excluding carboxylic acids is 7. The molecule has 4 aromatic rings. The number of amides is 7. The number of carbonyl (C=O) groups is 8. The van der Waals surface area contributed by atoms with Gasteiger partial charge in [-0.3, -0.25) is 38.4 Å². The summed E-state index contributed by atoms with van der Waals surface area (Å²) < 4.78 is 6.59. The van der Waals surface area contributed by atoms with E-state index < -0.39 is 90.2 Å². The van der Waals surface area contributed by atoms with Gasteiger partial charge >= 0.3 is 5.97 Å². The second-order valence-corrected chi connectivity index (χ2v) is 23.1. The molecule has 0 saturated heterocycles. The van der Waals surface area contributed by atoms with Crippen molar-refractivity contribution in [1.29, 1.82) is 0 Å². The Morgan fingerprint density at radius 2 is 1.22 bits per heavy atom. The van der Waals surface area contributed by atoms with E-state index in [2.05, 4.69) is 42.5 Å². The molecule has 0 saturated carbocycles. The fourth-order valence-electron chi connectivity index (χ4n) is 9.62. The summed E-state index contributed by atoms with van der Waals surface area (Å²) in [6.45, 7) is 5.05. The number of fused-ring (bicyclic) bond motifs is 2. The average molecular weight is 1210 g/mol. The van der Waals surface area contributed by atoms with Gasteiger partial charge in [0.2, 0.25) is 41.4 Å². The minimum Gasteiger partial charge on any atom is -0.508 e. The average Bonchev–Trinajstić information content (AvgIpc) is 0.805. The number of carboxylic acids is 1. The first-order chi connectivity index (χ1) is 41.3. The van der Waals surface area contributed by atoms with Crippen molar-refractivity contribution >= 4 is 81.3 Å². The molecule has 0 radical (unpaired) electrons. The highest BCUT2D eigenvalue weighted by Crippen LogP contribution is 2.42. The van der Waals surface area contributed by atoms with E-state index in [9.17, 15) is 58.5 Å². The molecule has 87 heavy (non-hydrogen) atoms. The van der Waals surface area contributed by atoms with Crippen LogP contribution in [0, 0.1) is 5.92 Å². The molecule has 24 heteroatoms. The summed E-state index contributed by atoms with van der Waals surface area (Å²) in [6.07, 6.45) is 1.30. The van der Waals surface area contributed by atoms with Crippen molar-refractivity contribution in [3.05, 3.63) is 142 Å². The summed E-state index contributed by atoms with van der Waals surface area (Å²) >= 11 is 5.54. The zero-order chi connectivity index (χ0) is 63.5. The quantitative estimate of drug-likeness (QED) is 0.0133. The van der Waals surface area contributed by atoms with Crippen molar-refractivity contribution in [1.82, 2.24) is 37.2 Å². The third kappa shape index (κ3) is 20.2. The molecule has 0 unspecified atom stereocenters. The molecule has 4 aromatic carbocycles. The number of nitrogens with one attached hydrogen (secondary N) is 8. The summed E-state index contributed by atoms with van der Waals surface area (Å²) in [4.78, 5) is 121. The molecule has 2 aliphatic rings. The number of phenolic OH excluding ortho intramolecular Hbond substituents is 1. The number of carboxylic acid groups (broad SMARTS) is 1. The van der Waals surface area contributed by atoms with Gasteiger partial charge in [-0.15, -0.1) is 0 Å². The topological polar surface area (TPSA) is 350 Å². The zero-order valence-electron chi connectivity index (χ0n) is 49.4. The van der Waals surface area contributed by atoms with Crippen molar-refractivity contribution in [3.63, 3.8) is 0 Å². The third-order valence-electron chi connectivity index (χ3n) is 14.1. The second kappa shape index (κ2) is 31.2. The minimum absolute atomic E-state index is 0.0168. The Morgan fingerprint density at radius 1 is 0.644 bits per heavy atom. The first-order valence-corrected chi connectivity index (χ1v) is 28.9. The molecule has 1 aliphatic carbocycles. The molecule has 0 aromatic heterocycles. The van der Waals surface area contributed by atoms with Crippen LogP contribution in [0.3, 0.4) is 0 Å². The molecule has 1 heterocycles. The number of thiocarbonyl (C=S) groups is 1. The maximum Gasteiger partial charge on any atom is 0.336 e. The standard InChI is InChI=1S/C63H76N10O13S/c1-36(2)29-48(60(82)69-47(19-13-14-28-73(4,5)6)58(80)72-51(35-74)56(64)78)70-57(79)37(3)66-59(81)50(31-39-17-11-8-12-18-39)71-61(83)49(30-38-15-9-7-10-16-38)68-54(77)26-27-65-63(87)67-40-20-23-43(46(32-40)62(84)85)55-44-24-21-41(75)33-52(44)86-53-34-42(76)22-25-45(53)55/h7-12,15-18,20-25,32-34,36-37,47-51,74H,13-14,19,26-31,35H2,1-6H3,(H11-,64,65,66,67,68,69,70,71,72,75,76,77,78,79,80,81,82,83,84,85,87)/p+1/t37-,47-,48-,49-,50-,51-/m0/s1. The van der Waals surface area contributed by atoms with Crippen molar-refractivity contribution in [3.8, 4) is 28.2 Å². The van der Waals surface area contributed by atoms with Crippen LogP contribution in [-0.4, -0.2) is 149 Å². The maximum absolute atomic E-state index is 14.4. The first-order valence-electron chi connectivity index (χ1n) is 28.5. The Morgan fingerprint density at radius 3 is 1.83 bits per heavy atom. The maximum atomic E-state index is 14.4. The van der Waals surface area contributed by atoms with E-state index in [1.165, 1.54) is 37.3 Å². The Kier molecular flexibility index (Phi) is 24.0. The summed E-state index contributed by atoms with van der Waals surface area (Å²) in [5.41, 5.74) is 8.00. The summed E-state index contributed by atoms with van der Waals surface area (Å²) in [5, 5.41) is 52.8. The summed E-state index contributed by atoms with van der Waals surface area (Å²) in [7, 11) is 6.05. The number of benzene rings is 5. The highest BCUT2D eigenvalue weighted by atomic mass is 32.1. The number of nitrogens with two attached hydrogens (primary N) is 1. The number of aromatic carboxylic acids is 1. The number of anilines is 1. The molecule has 6 rings (SSSR count). The molecular formula is C63H77N10O13S+. The highest BCUT2D eigenvalue weighted by Gasteiger charge is 2.33. The van der Waals surface area contributed by atoms with Gasteiger partial charge in [0.1, 0.15) is 53.3 Å². The predicted molar refractivity (Wildman–Crippen MR) is 332 cm³/mol. The summed E-state index contributed by atoms with van der Waals surface area (Å²) in [6, 6.07) is 23.3. The lowest BCUT2D eigenvalue weighted by Gasteiger charge is -2.27. The molecule has 462 valence electrons. The molecule has 23 nitrogen and oxygen atoms in total. The molecular weight excluding hydrogens is 1140 g/mol. The molecule has 0 bridgehead atoms. The van der Waals surface area contributed by atoms with Crippen LogP contribution in [0.4, 0.5) is 5.69 Å². The Balaban J connectivity index is 1.12. The van der Waals surface area contributed by atoms with Gasteiger partial charge < -0.3 is 72.5 Å². The number of nitrogens with zero attached hydrogens (tertiary/aromatic N) is 1. The van der Waals surface area contributed by atoms with Gasteiger partial charge in [0.15, 0.2) is 10.5 Å².